The Morgan fingerprint density at radius 3 is 3.00 bits per heavy atom. The van der Waals surface area contributed by atoms with Crippen molar-refractivity contribution in [1.29, 1.82) is 0 Å². The third kappa shape index (κ3) is 2.33. The molecule has 1 aromatic heterocycles. The van der Waals surface area contributed by atoms with Gasteiger partial charge in [0.2, 0.25) is 11.8 Å². The molecule has 0 fully saturated rings. The van der Waals surface area contributed by atoms with E-state index in [0.717, 1.165) is 6.20 Å². The highest BCUT2D eigenvalue weighted by molar-refractivity contribution is 5.27. The number of halogens is 1. The highest BCUT2D eigenvalue weighted by Crippen LogP contribution is 2.15. The molecule has 1 N–H and O–H groups in total. The van der Waals surface area contributed by atoms with Gasteiger partial charge in [0.1, 0.15) is 0 Å². The minimum Gasteiger partial charge on any atom is -0.459 e. The third-order valence-corrected chi connectivity index (χ3v) is 1.46. The Hall–Kier alpha value is -1.83. The van der Waals surface area contributed by atoms with Crippen LogP contribution in [0.1, 0.15) is 6.92 Å². The highest BCUT2D eigenvalue weighted by Gasteiger charge is 2.09. The molecule has 0 aliphatic rings. The van der Waals surface area contributed by atoms with Gasteiger partial charge in [-0.1, -0.05) is 5.92 Å². The number of nitrogens with zero attached hydrogens (tertiary/aromatic N) is 2. The van der Waals surface area contributed by atoms with Gasteiger partial charge in [0.15, 0.2) is 6.10 Å². The Labute approximate surface area is 81.5 Å². The van der Waals surface area contributed by atoms with Crippen LogP contribution in [0.3, 0.4) is 0 Å². The zero-order valence-electron chi connectivity index (χ0n) is 7.91. The number of ether oxygens (including phenoxy) is 1. The lowest BCUT2D eigenvalue weighted by molar-refractivity contribution is 0.253. The van der Waals surface area contributed by atoms with Crippen LogP contribution in [0.15, 0.2) is 6.20 Å². The van der Waals surface area contributed by atoms with Gasteiger partial charge in [-0.3, -0.25) is 0 Å². The van der Waals surface area contributed by atoms with Crippen molar-refractivity contribution in [2.45, 2.75) is 13.0 Å². The molecule has 0 aliphatic carbocycles. The van der Waals surface area contributed by atoms with E-state index in [1.54, 1.807) is 14.0 Å². The second kappa shape index (κ2) is 4.42. The SMILES string of the molecule is C#CC(C)Oc1nc(NC)ncc1F. The molecular weight excluding hydrogens is 185 g/mol. The van der Waals surface area contributed by atoms with Gasteiger partial charge in [-0.25, -0.2) is 4.98 Å². The molecular formula is C9H10FN3O. The predicted octanol–water partition coefficient (Wildman–Crippen LogP) is 1.06. The number of anilines is 1. The molecule has 14 heavy (non-hydrogen) atoms. The van der Waals surface area contributed by atoms with Crippen LogP contribution < -0.4 is 10.1 Å². The first-order valence-electron chi connectivity index (χ1n) is 4.00. The lowest BCUT2D eigenvalue weighted by atomic mass is 10.4. The normalized spacial score (nSPS) is 11.6. The Morgan fingerprint density at radius 1 is 1.71 bits per heavy atom. The predicted molar refractivity (Wildman–Crippen MR) is 50.5 cm³/mol. The van der Waals surface area contributed by atoms with Gasteiger partial charge in [0.05, 0.1) is 6.20 Å². The molecule has 0 bridgehead atoms. The minimum absolute atomic E-state index is 0.144. The Bertz CT molecular complexity index is 362. The maximum atomic E-state index is 13.1. The zero-order chi connectivity index (χ0) is 10.6. The van der Waals surface area contributed by atoms with Crippen LogP contribution in [0, 0.1) is 18.2 Å². The summed E-state index contributed by atoms with van der Waals surface area (Å²) in [7, 11) is 1.63. The Kier molecular flexibility index (Phi) is 3.24. The summed E-state index contributed by atoms with van der Waals surface area (Å²) in [6.45, 7) is 1.63. The molecule has 5 heteroatoms. The van der Waals surface area contributed by atoms with E-state index >= 15 is 0 Å². The molecule has 1 heterocycles. The third-order valence-electron chi connectivity index (χ3n) is 1.46. The van der Waals surface area contributed by atoms with Crippen molar-refractivity contribution in [2.24, 2.45) is 0 Å². The van der Waals surface area contributed by atoms with Crippen molar-refractivity contribution in [3.8, 4) is 18.2 Å². The van der Waals surface area contributed by atoms with E-state index in [1.165, 1.54) is 0 Å². The second-order valence-electron chi connectivity index (χ2n) is 2.52. The summed E-state index contributed by atoms with van der Waals surface area (Å²) in [5.41, 5.74) is 0. The van der Waals surface area contributed by atoms with Gasteiger partial charge >= 0.3 is 0 Å². The van der Waals surface area contributed by atoms with Gasteiger partial charge in [0, 0.05) is 7.05 Å². The Balaban J connectivity index is 2.90. The van der Waals surface area contributed by atoms with Crippen molar-refractivity contribution < 1.29 is 9.13 Å². The van der Waals surface area contributed by atoms with E-state index in [9.17, 15) is 4.39 Å². The summed E-state index contributed by atoms with van der Waals surface area (Å²) in [5, 5.41) is 2.67. The smallest absolute Gasteiger partial charge is 0.256 e. The monoisotopic (exact) mass is 195 g/mol. The molecule has 0 amide bonds. The van der Waals surface area contributed by atoms with Crippen LogP contribution in [0.4, 0.5) is 10.3 Å². The summed E-state index contributed by atoms with van der Waals surface area (Å²) in [6.07, 6.45) is 5.59. The zero-order valence-corrected chi connectivity index (χ0v) is 7.91. The lowest BCUT2D eigenvalue weighted by Crippen LogP contribution is -2.11. The van der Waals surface area contributed by atoms with E-state index in [-0.39, 0.29) is 11.8 Å². The molecule has 0 saturated carbocycles. The molecule has 1 rings (SSSR count). The maximum absolute atomic E-state index is 13.1. The minimum atomic E-state index is -0.633. The van der Waals surface area contributed by atoms with Gasteiger partial charge in [0.25, 0.3) is 5.88 Å². The number of rotatable bonds is 3. The molecule has 74 valence electrons. The lowest BCUT2D eigenvalue weighted by Gasteiger charge is -2.08. The summed E-state index contributed by atoms with van der Waals surface area (Å²) in [4.78, 5) is 7.43. The second-order valence-corrected chi connectivity index (χ2v) is 2.52. The van der Waals surface area contributed by atoms with Crippen LogP contribution in [-0.2, 0) is 0 Å². The molecule has 0 spiro atoms. The fourth-order valence-electron chi connectivity index (χ4n) is 0.756. The first kappa shape index (κ1) is 10.3. The fraction of sp³-hybridized carbons (Fsp3) is 0.333. The fourth-order valence-corrected chi connectivity index (χ4v) is 0.756. The van der Waals surface area contributed by atoms with E-state index in [1.807, 2.05) is 0 Å². The van der Waals surface area contributed by atoms with E-state index in [0.29, 0.717) is 0 Å². The van der Waals surface area contributed by atoms with Crippen molar-refractivity contribution >= 4 is 5.95 Å². The summed E-state index contributed by atoms with van der Waals surface area (Å²) in [5.74, 6) is 1.81. The van der Waals surface area contributed by atoms with Crippen LogP contribution >= 0.6 is 0 Å². The highest BCUT2D eigenvalue weighted by atomic mass is 19.1. The molecule has 0 saturated heterocycles. The summed E-state index contributed by atoms with van der Waals surface area (Å²) >= 11 is 0. The summed E-state index contributed by atoms with van der Waals surface area (Å²) in [6, 6.07) is 0. The number of hydrogen-bond donors (Lipinski definition) is 1. The maximum Gasteiger partial charge on any atom is 0.256 e. The molecule has 4 nitrogen and oxygen atoms in total. The van der Waals surface area contributed by atoms with Crippen LogP contribution in [0.25, 0.3) is 0 Å². The largest absolute Gasteiger partial charge is 0.459 e. The van der Waals surface area contributed by atoms with E-state index in [2.05, 4.69) is 21.2 Å². The number of hydrogen-bond acceptors (Lipinski definition) is 4. The van der Waals surface area contributed by atoms with Gasteiger partial charge in [-0.05, 0) is 6.92 Å². The van der Waals surface area contributed by atoms with Crippen LogP contribution in [0.5, 0.6) is 5.88 Å². The first-order chi connectivity index (χ1) is 6.67. The van der Waals surface area contributed by atoms with E-state index < -0.39 is 11.9 Å². The average molecular weight is 195 g/mol. The van der Waals surface area contributed by atoms with Crippen molar-refractivity contribution in [2.75, 3.05) is 12.4 Å². The first-order valence-corrected chi connectivity index (χ1v) is 4.00. The van der Waals surface area contributed by atoms with Crippen molar-refractivity contribution in [1.82, 2.24) is 9.97 Å². The topological polar surface area (TPSA) is 47.0 Å². The summed E-state index contributed by atoms with van der Waals surface area (Å²) < 4.78 is 18.1. The van der Waals surface area contributed by atoms with Gasteiger partial charge in [-0.2, -0.15) is 9.37 Å². The quantitative estimate of drug-likeness (QED) is 0.732. The molecule has 1 aromatic rings. The molecule has 1 unspecified atom stereocenters. The number of terminal acetylenes is 1. The van der Waals surface area contributed by atoms with Gasteiger partial charge in [-0.15, -0.1) is 6.42 Å². The standard InChI is InChI=1S/C9H10FN3O/c1-4-6(2)14-8-7(10)5-12-9(11-3)13-8/h1,5-6H,2-3H3,(H,11,12,13). The van der Waals surface area contributed by atoms with Crippen molar-refractivity contribution in [3.63, 3.8) is 0 Å². The molecule has 1 atom stereocenters. The molecule has 0 radical (unpaired) electrons. The molecule has 0 aromatic carbocycles. The average Bonchev–Trinajstić information content (AvgIpc) is 2.21. The van der Waals surface area contributed by atoms with Crippen LogP contribution in [0.2, 0.25) is 0 Å². The van der Waals surface area contributed by atoms with Crippen molar-refractivity contribution in [3.05, 3.63) is 12.0 Å². The van der Waals surface area contributed by atoms with Gasteiger partial charge < -0.3 is 10.1 Å². The van der Waals surface area contributed by atoms with Crippen LogP contribution in [-0.4, -0.2) is 23.1 Å². The number of aromatic nitrogens is 2. The molecule has 0 aliphatic heterocycles. The van der Waals surface area contributed by atoms with E-state index in [4.69, 9.17) is 11.2 Å². The number of nitrogens with one attached hydrogen (secondary N) is 1. The Morgan fingerprint density at radius 2 is 2.43 bits per heavy atom.